The van der Waals surface area contributed by atoms with Crippen molar-refractivity contribution in [2.75, 3.05) is 31.7 Å². The normalized spacial score (nSPS) is 20.4. The van der Waals surface area contributed by atoms with E-state index in [1.807, 2.05) is 35.2 Å². The highest BCUT2D eigenvalue weighted by atomic mass is 19.1. The lowest BCUT2D eigenvalue weighted by Crippen LogP contribution is -2.41. The number of esters is 1. The van der Waals surface area contributed by atoms with Gasteiger partial charge in [-0.3, -0.25) is 0 Å². The van der Waals surface area contributed by atoms with E-state index < -0.39 is 11.8 Å². The van der Waals surface area contributed by atoms with Crippen molar-refractivity contribution in [3.63, 3.8) is 0 Å². The molecule has 0 unspecified atom stereocenters. The van der Waals surface area contributed by atoms with Gasteiger partial charge in [0, 0.05) is 31.8 Å². The highest BCUT2D eigenvalue weighted by Crippen LogP contribution is 2.34. The predicted octanol–water partition coefficient (Wildman–Crippen LogP) is 2.61. The van der Waals surface area contributed by atoms with Gasteiger partial charge in [0.05, 0.1) is 12.7 Å². The van der Waals surface area contributed by atoms with E-state index in [-0.39, 0.29) is 29.8 Å². The maximum atomic E-state index is 14.5. The molecule has 0 amide bonds. The summed E-state index contributed by atoms with van der Waals surface area (Å²) in [6.45, 7) is 1.28. The largest absolute Gasteiger partial charge is 0.465 e. The standard InChI is InChI=1S/C19H21FN2O3/c1-25-19(24)15-9-17(20)18(21-10-15)22-8-7-14(12-23)16(11-22)13-5-3-2-4-6-13/h2-6,9-10,14,16,23H,7-8,11-12H2,1H3/t14-,16-/m1/s1. The van der Waals surface area contributed by atoms with Gasteiger partial charge in [-0.25, -0.2) is 14.2 Å². The topological polar surface area (TPSA) is 62.7 Å². The summed E-state index contributed by atoms with van der Waals surface area (Å²) in [5, 5.41) is 9.70. The minimum absolute atomic E-state index is 0.0913. The molecule has 0 radical (unpaired) electrons. The lowest BCUT2D eigenvalue weighted by Gasteiger charge is -2.39. The Kier molecular flexibility index (Phi) is 5.28. The Morgan fingerprint density at radius 1 is 1.40 bits per heavy atom. The number of rotatable bonds is 4. The first kappa shape index (κ1) is 17.4. The van der Waals surface area contributed by atoms with Crippen LogP contribution in [0, 0.1) is 11.7 Å². The molecule has 0 aliphatic carbocycles. The summed E-state index contributed by atoms with van der Waals surface area (Å²) in [6.07, 6.45) is 2.08. The van der Waals surface area contributed by atoms with Crippen LogP contribution < -0.4 is 4.90 Å². The van der Waals surface area contributed by atoms with Gasteiger partial charge in [-0.15, -0.1) is 0 Å². The summed E-state index contributed by atoms with van der Waals surface area (Å²) < 4.78 is 19.1. The molecular weight excluding hydrogens is 323 g/mol. The molecule has 3 rings (SSSR count). The van der Waals surface area contributed by atoms with Crippen molar-refractivity contribution in [3.8, 4) is 0 Å². The number of aliphatic hydroxyl groups excluding tert-OH is 1. The quantitative estimate of drug-likeness (QED) is 0.864. The lowest BCUT2D eigenvalue weighted by molar-refractivity contribution is 0.0599. The highest BCUT2D eigenvalue weighted by Gasteiger charge is 2.31. The van der Waals surface area contributed by atoms with Gasteiger partial charge in [0.1, 0.15) is 0 Å². The van der Waals surface area contributed by atoms with Gasteiger partial charge in [-0.2, -0.15) is 0 Å². The Hall–Kier alpha value is -2.47. The van der Waals surface area contributed by atoms with E-state index in [0.29, 0.717) is 13.1 Å². The molecule has 1 N–H and O–H groups in total. The van der Waals surface area contributed by atoms with E-state index in [1.165, 1.54) is 13.3 Å². The average Bonchev–Trinajstić information content (AvgIpc) is 2.67. The number of hydrogen-bond donors (Lipinski definition) is 1. The van der Waals surface area contributed by atoms with Crippen molar-refractivity contribution in [1.82, 2.24) is 4.98 Å². The van der Waals surface area contributed by atoms with Crippen LogP contribution in [-0.4, -0.2) is 42.9 Å². The molecule has 2 heterocycles. The van der Waals surface area contributed by atoms with Crippen LogP contribution in [0.5, 0.6) is 0 Å². The number of aromatic nitrogens is 1. The highest BCUT2D eigenvalue weighted by molar-refractivity contribution is 5.89. The van der Waals surface area contributed by atoms with E-state index in [4.69, 9.17) is 0 Å². The number of ether oxygens (including phenoxy) is 1. The number of halogens is 1. The van der Waals surface area contributed by atoms with Crippen molar-refractivity contribution < 1.29 is 19.0 Å². The second-order valence-electron chi connectivity index (χ2n) is 6.22. The Morgan fingerprint density at radius 2 is 2.16 bits per heavy atom. The number of anilines is 1. The summed E-state index contributed by atoms with van der Waals surface area (Å²) in [4.78, 5) is 17.5. The molecule has 0 saturated carbocycles. The number of hydrogen-bond acceptors (Lipinski definition) is 5. The van der Waals surface area contributed by atoms with E-state index in [1.54, 1.807) is 0 Å². The number of carbonyl (C=O) groups excluding carboxylic acids is 1. The summed E-state index contributed by atoms with van der Waals surface area (Å²) in [5.41, 5.74) is 1.21. The third-order valence-corrected chi connectivity index (χ3v) is 4.76. The van der Waals surface area contributed by atoms with Gasteiger partial charge < -0.3 is 14.7 Å². The van der Waals surface area contributed by atoms with Gasteiger partial charge in [0.2, 0.25) is 0 Å². The Bertz CT molecular complexity index is 739. The van der Waals surface area contributed by atoms with Crippen LogP contribution in [0.15, 0.2) is 42.6 Å². The maximum Gasteiger partial charge on any atom is 0.339 e. The van der Waals surface area contributed by atoms with Gasteiger partial charge in [0.15, 0.2) is 11.6 Å². The van der Waals surface area contributed by atoms with Crippen LogP contribution in [0.4, 0.5) is 10.2 Å². The third-order valence-electron chi connectivity index (χ3n) is 4.76. The SMILES string of the molecule is COC(=O)c1cnc(N2CC[C@H](CO)[C@@H](c3ccccc3)C2)c(F)c1. The van der Waals surface area contributed by atoms with Crippen molar-refractivity contribution in [2.45, 2.75) is 12.3 Å². The maximum absolute atomic E-state index is 14.5. The van der Waals surface area contributed by atoms with Gasteiger partial charge in [0.25, 0.3) is 0 Å². The molecule has 1 aliphatic rings. The summed E-state index contributed by atoms with van der Waals surface area (Å²) >= 11 is 0. The van der Waals surface area contributed by atoms with Gasteiger partial charge >= 0.3 is 5.97 Å². The molecule has 0 spiro atoms. The van der Waals surface area contributed by atoms with Crippen LogP contribution in [-0.2, 0) is 4.74 Å². The predicted molar refractivity (Wildman–Crippen MR) is 92.1 cm³/mol. The number of nitrogens with zero attached hydrogens (tertiary/aromatic N) is 2. The van der Waals surface area contributed by atoms with E-state index in [2.05, 4.69) is 9.72 Å². The minimum Gasteiger partial charge on any atom is -0.465 e. The molecule has 1 aromatic carbocycles. The zero-order chi connectivity index (χ0) is 17.8. The Balaban J connectivity index is 1.85. The summed E-state index contributed by atoms with van der Waals surface area (Å²) in [7, 11) is 1.25. The van der Waals surface area contributed by atoms with Crippen molar-refractivity contribution in [2.24, 2.45) is 5.92 Å². The zero-order valence-electron chi connectivity index (χ0n) is 14.1. The fraction of sp³-hybridized carbons (Fsp3) is 0.368. The first-order chi connectivity index (χ1) is 12.1. The number of piperidine rings is 1. The van der Waals surface area contributed by atoms with Gasteiger partial charge in [-0.05, 0) is 24.0 Å². The molecule has 1 aromatic heterocycles. The minimum atomic E-state index is -0.612. The molecule has 2 aromatic rings. The fourth-order valence-electron chi connectivity index (χ4n) is 3.38. The number of benzene rings is 1. The molecule has 2 atom stereocenters. The fourth-order valence-corrected chi connectivity index (χ4v) is 3.38. The smallest absolute Gasteiger partial charge is 0.339 e. The Morgan fingerprint density at radius 3 is 2.80 bits per heavy atom. The second kappa shape index (κ2) is 7.61. The molecule has 132 valence electrons. The first-order valence-electron chi connectivity index (χ1n) is 8.28. The zero-order valence-corrected chi connectivity index (χ0v) is 14.1. The van der Waals surface area contributed by atoms with Crippen molar-refractivity contribution >= 4 is 11.8 Å². The molecule has 5 nitrogen and oxygen atoms in total. The summed E-state index contributed by atoms with van der Waals surface area (Å²) in [5.74, 6) is -0.696. The van der Waals surface area contributed by atoms with E-state index in [9.17, 15) is 14.3 Å². The van der Waals surface area contributed by atoms with Crippen molar-refractivity contribution in [1.29, 1.82) is 0 Å². The first-order valence-corrected chi connectivity index (χ1v) is 8.28. The number of methoxy groups -OCH3 is 1. The van der Waals surface area contributed by atoms with E-state index in [0.717, 1.165) is 18.1 Å². The van der Waals surface area contributed by atoms with Crippen LogP contribution in [0.1, 0.15) is 28.3 Å². The van der Waals surface area contributed by atoms with Crippen LogP contribution in [0.2, 0.25) is 0 Å². The second-order valence-corrected chi connectivity index (χ2v) is 6.22. The number of carbonyl (C=O) groups is 1. The monoisotopic (exact) mass is 344 g/mol. The van der Waals surface area contributed by atoms with E-state index >= 15 is 0 Å². The van der Waals surface area contributed by atoms with Crippen molar-refractivity contribution in [3.05, 3.63) is 59.5 Å². The summed E-state index contributed by atoms with van der Waals surface area (Å²) in [6, 6.07) is 11.1. The number of aliphatic hydroxyl groups is 1. The van der Waals surface area contributed by atoms with Gasteiger partial charge in [-0.1, -0.05) is 30.3 Å². The van der Waals surface area contributed by atoms with Crippen LogP contribution in [0.25, 0.3) is 0 Å². The van der Waals surface area contributed by atoms with Crippen LogP contribution in [0.3, 0.4) is 0 Å². The molecule has 1 fully saturated rings. The van der Waals surface area contributed by atoms with Crippen LogP contribution >= 0.6 is 0 Å². The molecule has 0 bridgehead atoms. The average molecular weight is 344 g/mol. The number of pyridine rings is 1. The molecule has 6 heteroatoms. The molecule has 25 heavy (non-hydrogen) atoms. The lowest BCUT2D eigenvalue weighted by atomic mass is 9.81. The molecule has 1 aliphatic heterocycles. The Labute approximate surface area is 146 Å². The third kappa shape index (κ3) is 3.64. The molecule has 1 saturated heterocycles. The molecular formula is C19H21FN2O3.